The van der Waals surface area contributed by atoms with Gasteiger partial charge in [-0.2, -0.15) is 0 Å². The second kappa shape index (κ2) is 17.7. The first kappa shape index (κ1) is 35.0. The van der Waals surface area contributed by atoms with Gasteiger partial charge in [-0.1, -0.05) is 36.9 Å². The van der Waals surface area contributed by atoms with Crippen LogP contribution in [0.2, 0.25) is 0 Å². The zero-order valence-corrected chi connectivity index (χ0v) is 26.8. The smallest absolute Gasteiger partial charge is 0.344 e. The third-order valence-electron chi connectivity index (χ3n) is 7.12. The van der Waals surface area contributed by atoms with Crippen molar-refractivity contribution < 1.29 is 47.6 Å². The molecular formula is C38H36O10. The molecule has 10 heteroatoms. The summed E-state index contributed by atoms with van der Waals surface area (Å²) in [5.41, 5.74) is 1.24. The molecule has 10 nitrogen and oxygen atoms in total. The van der Waals surface area contributed by atoms with Crippen LogP contribution in [0.3, 0.4) is 0 Å². The molecule has 4 rings (SSSR count). The lowest BCUT2D eigenvalue weighted by molar-refractivity contribution is -0.138. The van der Waals surface area contributed by atoms with Crippen molar-refractivity contribution in [2.75, 3.05) is 27.4 Å². The van der Waals surface area contributed by atoms with Crippen LogP contribution in [-0.4, -0.2) is 51.3 Å². The van der Waals surface area contributed by atoms with E-state index in [2.05, 4.69) is 11.3 Å². The molecule has 0 amide bonds. The molecule has 0 radical (unpaired) electrons. The zero-order chi connectivity index (χ0) is 34.3. The molecule has 0 saturated carbocycles. The molecule has 4 aromatic carbocycles. The lowest BCUT2D eigenvalue weighted by Crippen LogP contribution is -2.11. The van der Waals surface area contributed by atoms with Crippen molar-refractivity contribution in [1.82, 2.24) is 0 Å². The number of hydrogen-bond acceptors (Lipinski definition) is 10. The van der Waals surface area contributed by atoms with Crippen molar-refractivity contribution in [3.63, 3.8) is 0 Å². The Hall–Kier alpha value is -5.90. The molecule has 0 N–H and O–H groups in total. The van der Waals surface area contributed by atoms with Gasteiger partial charge in [-0.3, -0.25) is 0 Å². The van der Waals surface area contributed by atoms with Gasteiger partial charge in [0, 0.05) is 17.5 Å². The van der Waals surface area contributed by atoms with Gasteiger partial charge in [-0.05, 0) is 91.2 Å². The first-order valence-corrected chi connectivity index (χ1v) is 15.2. The monoisotopic (exact) mass is 652 g/mol. The highest BCUT2D eigenvalue weighted by molar-refractivity contribution is 6.07. The number of rotatable bonds is 16. The van der Waals surface area contributed by atoms with Gasteiger partial charge in [0.1, 0.15) is 11.5 Å². The predicted octanol–water partition coefficient (Wildman–Crippen LogP) is 7.14. The summed E-state index contributed by atoms with van der Waals surface area (Å²) in [7, 11) is 2.72. The van der Waals surface area contributed by atoms with Crippen LogP contribution in [0.4, 0.5) is 0 Å². The van der Waals surface area contributed by atoms with E-state index in [-0.39, 0.29) is 17.1 Å². The number of esters is 4. The van der Waals surface area contributed by atoms with Gasteiger partial charge in [-0.15, -0.1) is 0 Å². The summed E-state index contributed by atoms with van der Waals surface area (Å²) >= 11 is 0. The van der Waals surface area contributed by atoms with Crippen LogP contribution in [0.15, 0.2) is 97.6 Å². The van der Waals surface area contributed by atoms with E-state index in [1.807, 2.05) is 24.3 Å². The van der Waals surface area contributed by atoms with E-state index in [9.17, 15) is 19.2 Å². The Morgan fingerprint density at radius 3 is 2.10 bits per heavy atom. The van der Waals surface area contributed by atoms with E-state index in [1.165, 1.54) is 44.6 Å². The maximum atomic E-state index is 13.2. The normalized spacial score (nSPS) is 10.7. The predicted molar refractivity (Wildman–Crippen MR) is 179 cm³/mol. The van der Waals surface area contributed by atoms with Gasteiger partial charge in [-0.25, -0.2) is 19.2 Å². The number of methoxy groups -OCH3 is 2. The van der Waals surface area contributed by atoms with Crippen LogP contribution in [-0.2, 0) is 19.1 Å². The lowest BCUT2D eigenvalue weighted by Gasteiger charge is -2.13. The number of hydrogen-bond donors (Lipinski definition) is 0. The average molecular weight is 653 g/mol. The highest BCUT2D eigenvalue weighted by Crippen LogP contribution is 2.31. The third kappa shape index (κ3) is 9.80. The molecule has 48 heavy (non-hydrogen) atoms. The van der Waals surface area contributed by atoms with Crippen LogP contribution in [0.25, 0.3) is 16.8 Å². The fourth-order valence-electron chi connectivity index (χ4n) is 4.63. The molecule has 0 fully saturated rings. The number of fused-ring (bicyclic) bond motifs is 1. The number of unbranched alkanes of at least 4 members (excludes halogenated alkanes) is 3. The minimum absolute atomic E-state index is 0.191. The van der Waals surface area contributed by atoms with Crippen molar-refractivity contribution in [3.05, 3.63) is 114 Å². The van der Waals surface area contributed by atoms with Gasteiger partial charge in [0.2, 0.25) is 0 Å². The van der Waals surface area contributed by atoms with Gasteiger partial charge in [0.05, 0.1) is 38.6 Å². The van der Waals surface area contributed by atoms with Crippen LogP contribution < -0.4 is 18.9 Å². The summed E-state index contributed by atoms with van der Waals surface area (Å²) < 4.78 is 32.1. The van der Waals surface area contributed by atoms with Gasteiger partial charge < -0.3 is 28.4 Å². The molecule has 0 spiro atoms. The summed E-state index contributed by atoms with van der Waals surface area (Å²) in [4.78, 5) is 48.5. The highest BCUT2D eigenvalue weighted by Gasteiger charge is 2.17. The first-order valence-electron chi connectivity index (χ1n) is 15.2. The molecule has 248 valence electrons. The SMILES string of the molecule is C=CC(=O)OCCCCCCOc1ccc(C(=O)Oc2ccc(C(=O)Oc3ccc(/C=C/C(=O)OC)cc3OC)cc2)c2ccccc12. The maximum Gasteiger partial charge on any atom is 0.344 e. The van der Waals surface area contributed by atoms with Crippen molar-refractivity contribution in [3.8, 4) is 23.0 Å². The molecule has 0 aliphatic rings. The molecule has 0 aromatic heterocycles. The minimum Gasteiger partial charge on any atom is -0.493 e. The zero-order valence-electron chi connectivity index (χ0n) is 26.8. The topological polar surface area (TPSA) is 124 Å². The van der Waals surface area contributed by atoms with E-state index in [4.69, 9.17) is 23.7 Å². The molecular weight excluding hydrogens is 616 g/mol. The minimum atomic E-state index is -0.639. The molecule has 0 atom stereocenters. The molecule has 0 heterocycles. The Balaban J connectivity index is 1.34. The highest BCUT2D eigenvalue weighted by atomic mass is 16.6. The fraction of sp³-hybridized carbons (Fsp3) is 0.211. The summed E-state index contributed by atoms with van der Waals surface area (Å²) in [6.07, 6.45) is 7.39. The average Bonchev–Trinajstić information content (AvgIpc) is 3.11. The largest absolute Gasteiger partial charge is 0.493 e. The van der Waals surface area contributed by atoms with Crippen LogP contribution in [0, 0.1) is 0 Å². The summed E-state index contributed by atoms with van der Waals surface area (Å²) in [6.45, 7) is 4.25. The van der Waals surface area contributed by atoms with E-state index in [0.717, 1.165) is 37.1 Å². The Morgan fingerprint density at radius 1 is 0.688 bits per heavy atom. The first-order chi connectivity index (χ1) is 23.3. The standard InChI is InChI=1S/C38H36O10/c1-4-35(39)46-24-10-6-5-9-23-45-32-21-19-31(29-11-7-8-12-30(29)32)38(42)47-28-17-15-27(16-18-28)37(41)48-33-20-13-26(25-34(33)43-2)14-22-36(40)44-3/h4,7-8,11-22,25H,1,5-6,9-10,23-24H2,2-3H3/b22-14+. The Bertz CT molecular complexity index is 1790. The Kier molecular flexibility index (Phi) is 12.9. The van der Waals surface area contributed by atoms with Crippen molar-refractivity contribution in [1.29, 1.82) is 0 Å². The fourth-order valence-corrected chi connectivity index (χ4v) is 4.63. The second-order valence-corrected chi connectivity index (χ2v) is 10.4. The number of ether oxygens (including phenoxy) is 6. The second-order valence-electron chi connectivity index (χ2n) is 10.4. The van der Waals surface area contributed by atoms with E-state index >= 15 is 0 Å². The van der Waals surface area contributed by atoms with Crippen LogP contribution in [0.1, 0.15) is 52.0 Å². The van der Waals surface area contributed by atoms with Crippen molar-refractivity contribution >= 4 is 40.7 Å². The van der Waals surface area contributed by atoms with Gasteiger partial charge in [0.15, 0.2) is 11.5 Å². The molecule has 0 saturated heterocycles. The number of benzene rings is 4. The molecule has 0 aliphatic heterocycles. The quantitative estimate of drug-likeness (QED) is 0.0534. The van der Waals surface area contributed by atoms with E-state index in [0.29, 0.717) is 41.2 Å². The van der Waals surface area contributed by atoms with Crippen LogP contribution >= 0.6 is 0 Å². The Morgan fingerprint density at radius 2 is 1.40 bits per heavy atom. The molecule has 0 bridgehead atoms. The molecule has 4 aromatic rings. The van der Waals surface area contributed by atoms with Crippen LogP contribution in [0.5, 0.6) is 23.0 Å². The number of carbonyl (C=O) groups excluding carboxylic acids is 4. The number of carbonyl (C=O) groups is 4. The molecule has 0 unspecified atom stereocenters. The van der Waals surface area contributed by atoms with E-state index in [1.54, 1.807) is 36.4 Å². The summed E-state index contributed by atoms with van der Waals surface area (Å²) in [6, 6.07) is 21.7. The van der Waals surface area contributed by atoms with E-state index < -0.39 is 23.9 Å². The summed E-state index contributed by atoms with van der Waals surface area (Å²) in [5, 5.41) is 1.47. The Labute approximate surface area is 278 Å². The van der Waals surface area contributed by atoms with Gasteiger partial charge >= 0.3 is 23.9 Å². The van der Waals surface area contributed by atoms with Crippen molar-refractivity contribution in [2.24, 2.45) is 0 Å². The third-order valence-corrected chi connectivity index (χ3v) is 7.12. The molecule has 0 aliphatic carbocycles. The van der Waals surface area contributed by atoms with Crippen molar-refractivity contribution in [2.45, 2.75) is 25.7 Å². The summed E-state index contributed by atoms with van der Waals surface area (Å²) in [5.74, 6) is -0.716. The lowest BCUT2D eigenvalue weighted by atomic mass is 10.0. The van der Waals surface area contributed by atoms with Gasteiger partial charge in [0.25, 0.3) is 0 Å². The maximum absolute atomic E-state index is 13.2.